The van der Waals surface area contributed by atoms with Crippen LogP contribution in [0.1, 0.15) is 288 Å². The Morgan fingerprint density at radius 2 is 0.537 bits per heavy atom. The van der Waals surface area contributed by atoms with Gasteiger partial charge in [0.05, 0.1) is 65.1 Å². The van der Waals surface area contributed by atoms with Gasteiger partial charge in [-0.3, -0.25) is 4.79 Å². The molecule has 2 atom stereocenters. The van der Waals surface area contributed by atoms with E-state index < -0.39 is 53.7 Å². The third kappa shape index (κ3) is 44.7. The maximum absolute atomic E-state index is 13.9. The number of benzene rings is 6. The van der Waals surface area contributed by atoms with E-state index in [0.29, 0.717) is 68.4 Å². The van der Waals surface area contributed by atoms with E-state index >= 15 is 0 Å². The van der Waals surface area contributed by atoms with Crippen LogP contribution in [-0.2, 0) is 81.0 Å². The van der Waals surface area contributed by atoms with E-state index in [-0.39, 0.29) is 190 Å². The summed E-state index contributed by atoms with van der Waals surface area (Å²) < 4.78 is 49.7. The summed E-state index contributed by atoms with van der Waals surface area (Å²) in [7, 11) is 0. The molecular formula is C115H154N12O20. The number of esters is 9. The Kier molecular flexibility index (Phi) is 44.2. The number of rotatable bonds is 45. The van der Waals surface area contributed by atoms with Crippen LogP contribution in [0.3, 0.4) is 0 Å². The van der Waals surface area contributed by atoms with Gasteiger partial charge in [0.25, 0.3) is 0 Å². The van der Waals surface area contributed by atoms with E-state index in [2.05, 4.69) is 72.6 Å². The molecule has 7 N–H and O–H groups in total. The van der Waals surface area contributed by atoms with Crippen LogP contribution in [0, 0.1) is 55.2 Å². The van der Waals surface area contributed by atoms with Crippen LogP contribution in [0.4, 0.5) is 69.8 Å². The third-order valence-electron chi connectivity index (χ3n) is 20.7. The summed E-state index contributed by atoms with van der Waals surface area (Å²) in [4.78, 5) is 161. The highest BCUT2D eigenvalue weighted by atomic mass is 16.6. The normalized spacial score (nSPS) is 12.1. The molecule has 0 aliphatic carbocycles. The van der Waals surface area contributed by atoms with Crippen LogP contribution >= 0.6 is 0 Å². The van der Waals surface area contributed by atoms with Gasteiger partial charge in [-0.15, -0.1) is 0 Å². The quantitative estimate of drug-likeness (QED) is 0.00465. The number of hydrogen-bond donors (Lipinski definition) is 7. The van der Waals surface area contributed by atoms with Crippen molar-refractivity contribution in [3.05, 3.63) is 195 Å². The van der Waals surface area contributed by atoms with Crippen LogP contribution < -0.4 is 31.9 Å². The van der Waals surface area contributed by atoms with Crippen LogP contribution in [0.15, 0.2) is 162 Å². The monoisotopic (exact) mass is 2020 g/mol. The zero-order valence-corrected chi connectivity index (χ0v) is 91.2. The molecule has 0 spiro atoms. The number of nitrogens with zero attached hydrogens (tertiary/aromatic N) is 6. The summed E-state index contributed by atoms with van der Waals surface area (Å²) in [5.74, 6) is -6.53. The van der Waals surface area contributed by atoms with Gasteiger partial charge in [0.15, 0.2) is 5.78 Å². The summed E-state index contributed by atoms with van der Waals surface area (Å²) in [6, 6.07) is 39.1. The van der Waals surface area contributed by atoms with Crippen molar-refractivity contribution in [2.45, 2.75) is 245 Å². The lowest BCUT2D eigenvalue weighted by molar-refractivity contribution is -0.151. The molecule has 8 rings (SSSR count). The van der Waals surface area contributed by atoms with E-state index in [0.717, 1.165) is 44.9 Å². The Morgan fingerprint density at radius 1 is 0.293 bits per heavy atom. The number of carbonyl (C=O) groups excluding carboxylic acids is 10. The molecule has 2 heterocycles. The maximum atomic E-state index is 13.9. The van der Waals surface area contributed by atoms with Gasteiger partial charge in [0.2, 0.25) is 35.7 Å². The maximum Gasteiger partial charge on any atom is 0.345 e. The van der Waals surface area contributed by atoms with Crippen LogP contribution in [0.2, 0.25) is 0 Å². The highest BCUT2D eigenvalue weighted by molar-refractivity contribution is 6.20. The fourth-order valence-electron chi connectivity index (χ4n) is 12.8. The fourth-order valence-corrected chi connectivity index (χ4v) is 12.8. The largest absolute Gasteiger partial charge is 0.507 e. The number of hydrogen-bond acceptors (Lipinski definition) is 32. The lowest BCUT2D eigenvalue weighted by Gasteiger charge is -2.20. The molecule has 0 aliphatic heterocycles. The number of phenols is 1. The van der Waals surface area contributed by atoms with Gasteiger partial charge >= 0.3 is 53.7 Å². The number of anilines is 12. The average molecular weight is 2020 g/mol. The molecule has 2 aromatic heterocycles. The fraction of sp³-hybridized carbons (Fsp3) is 0.478. The van der Waals surface area contributed by atoms with Crippen molar-refractivity contribution in [2.75, 3.05) is 91.4 Å². The second-order valence-corrected chi connectivity index (χ2v) is 46.1. The van der Waals surface area contributed by atoms with Crippen LogP contribution in [0.5, 0.6) is 5.75 Å². The average Bonchev–Trinajstić information content (AvgIpc) is 0.812. The van der Waals surface area contributed by atoms with Crippen molar-refractivity contribution in [1.29, 1.82) is 0 Å². The number of Topliss-reactive ketones (excluding diaryl/α,β-unsaturated/α-hetero) is 1. The molecule has 0 bridgehead atoms. The lowest BCUT2D eigenvalue weighted by atomic mass is 9.90. The summed E-state index contributed by atoms with van der Waals surface area (Å²) >= 11 is 0. The summed E-state index contributed by atoms with van der Waals surface area (Å²) in [5, 5.41) is 30.1. The topological polar surface area (TPSA) is 424 Å². The van der Waals surface area contributed by atoms with E-state index in [1.54, 1.807) is 115 Å². The molecule has 8 aromatic rings. The Hall–Kier alpha value is -14.2. The first-order valence-corrected chi connectivity index (χ1v) is 50.0. The first kappa shape index (κ1) is 120. The number of ketones is 1. The molecule has 147 heavy (non-hydrogen) atoms. The smallest absolute Gasteiger partial charge is 0.345 e. The summed E-state index contributed by atoms with van der Waals surface area (Å²) in [5.41, 5.74) is 2.10. The highest BCUT2D eigenvalue weighted by Crippen LogP contribution is 2.34. The Labute approximate surface area is 867 Å². The van der Waals surface area contributed by atoms with Crippen molar-refractivity contribution in [3.63, 3.8) is 0 Å². The number of nitrogens with one attached hydrogen (secondary N) is 6. The van der Waals surface area contributed by atoms with E-state index in [1.165, 1.54) is 36.4 Å². The lowest BCUT2D eigenvalue weighted by Crippen LogP contribution is -2.25. The zero-order valence-electron chi connectivity index (χ0n) is 91.2. The number of carbonyl (C=O) groups is 10. The molecule has 0 amide bonds. The molecule has 6 aromatic carbocycles. The van der Waals surface area contributed by atoms with E-state index in [4.69, 9.17) is 52.6 Å². The molecule has 32 nitrogen and oxygen atoms in total. The van der Waals surface area contributed by atoms with Crippen LogP contribution in [0.25, 0.3) is 24.3 Å². The van der Waals surface area contributed by atoms with E-state index in [9.17, 15) is 53.1 Å². The van der Waals surface area contributed by atoms with Gasteiger partial charge in [-0.25, -0.2) is 43.2 Å². The van der Waals surface area contributed by atoms with Crippen molar-refractivity contribution in [1.82, 2.24) is 29.9 Å². The Morgan fingerprint density at radius 3 is 0.782 bits per heavy atom. The second-order valence-electron chi connectivity index (χ2n) is 46.1. The zero-order chi connectivity index (χ0) is 109. The highest BCUT2D eigenvalue weighted by Gasteiger charge is 2.33. The molecule has 0 aliphatic rings. The molecular weight excluding hydrogens is 1870 g/mol. The number of ether oxygens (including phenoxy) is 9. The second kappa shape index (κ2) is 54.3. The van der Waals surface area contributed by atoms with Crippen molar-refractivity contribution >= 4 is 154 Å². The van der Waals surface area contributed by atoms with Gasteiger partial charge < -0.3 is 79.6 Å². The molecule has 0 saturated heterocycles. The van der Waals surface area contributed by atoms with Gasteiger partial charge in [-0.2, -0.15) is 29.9 Å². The molecule has 0 fully saturated rings. The van der Waals surface area contributed by atoms with Gasteiger partial charge in [0.1, 0.15) is 33.6 Å². The molecule has 0 saturated carbocycles. The minimum Gasteiger partial charge on any atom is -0.507 e. The number of aromatic nitrogens is 6. The molecule has 0 radical (unpaired) electrons. The predicted octanol–water partition coefficient (Wildman–Crippen LogP) is 24.9. The van der Waals surface area contributed by atoms with Gasteiger partial charge in [0, 0.05) is 46.0 Å². The minimum atomic E-state index is -0.800. The van der Waals surface area contributed by atoms with Gasteiger partial charge in [-0.1, -0.05) is 287 Å². The summed E-state index contributed by atoms with van der Waals surface area (Å²) in [6.07, 6.45) is 13.0. The predicted molar refractivity (Wildman–Crippen MR) is 576 cm³/mol. The number of para-hydroxylation sites is 1. The molecule has 794 valence electrons. The first-order valence-electron chi connectivity index (χ1n) is 50.0. The van der Waals surface area contributed by atoms with Crippen molar-refractivity contribution in [2.24, 2.45) is 55.2 Å². The summed E-state index contributed by atoms with van der Waals surface area (Å²) in [6.45, 7) is 55.4. The van der Waals surface area contributed by atoms with Crippen molar-refractivity contribution < 1.29 is 95.7 Å². The third-order valence-corrected chi connectivity index (χ3v) is 20.7. The molecule has 2 unspecified atom stereocenters. The van der Waals surface area contributed by atoms with E-state index in [1.807, 2.05) is 185 Å². The minimum absolute atomic E-state index is 0.00859. The number of phenolic OH excluding ortho intramolecular Hbond substituents is 1. The molecule has 32 heteroatoms. The Balaban J connectivity index is 0.000000398. The SMILES string of the molecule is CCCCC(CC)C(=O)c1ccccc1Nc1nc(Nc2ccc(C=C(C(=O)OCC(C)(C)C)C(=O)OCC(C)(C)C)cc2)nc(Nc2ccc(C=C(C(=O)OCC(C)(C)C)C(=O)OCC(C)(C)C)cc2)n1.CCCCC(CC)COC(=O)c1ccc(Nc2nc(Nc3ccc(C=C(C(=O)OCC(C)(C)C)C(=O)OCC(C)(C)C)cc3)nc(Nc3ccc(C=C(C(=O)OCC(C)(C)C)C(=O)OCC(C)(C)C)cc3)n2)cc1O. The Bertz CT molecular complexity index is 5530. The van der Waals surface area contributed by atoms with Crippen LogP contribution in [-0.4, -0.2) is 154 Å². The number of unbranched alkanes of at least 4 members (excludes halogenated alkanes) is 2. The standard InChI is InChI=1S/C58H78N6O11.C57H76N6O9/c1-15-17-18-37(16-2)32-71-47(66)43-28-27-42(31-46(43)65)61-54-63-52(59-40-23-19-38(20-24-40)29-44(48(67)72-33-55(3,4)5)49(68)73-34-56(6,7)8)62-53(64-54)60-41-25-21-39(22-26-41)30-45(50(69)74-35-57(9,10)11)51(70)75-36-58(12,13)14;1-15-17-20-39(16-2)46(64)42-21-18-19-22-45(42)60-53-62-51(58-40-27-23-37(24-28-40)31-43(47(65)69-33-54(3,4)5)48(66)70-34-55(6,7)8)61-52(63-53)59-41-29-25-38(26-30-41)32-44(49(67)71-35-56(9,10)11)50(68)72-36-57(12,13)14/h19-31,37,65H,15-18,32-36H2,1-14H3,(H3,59,60,61,62,63,64);18-19,21-32,39H,15-17,20,33-36H2,1-14H3,(H3,58,59,60,61,62,63). The van der Waals surface area contributed by atoms with Crippen molar-refractivity contribution in [3.8, 4) is 5.75 Å². The number of aromatic hydroxyl groups is 1. The first-order chi connectivity index (χ1) is 68.6. The van der Waals surface area contributed by atoms with Gasteiger partial charge in [-0.05, 0) is 188 Å².